The zero-order valence-corrected chi connectivity index (χ0v) is 13.6. The van der Waals surface area contributed by atoms with E-state index in [1.165, 1.54) is 0 Å². The van der Waals surface area contributed by atoms with Gasteiger partial charge in [0.25, 0.3) is 0 Å². The van der Waals surface area contributed by atoms with Gasteiger partial charge in [-0.1, -0.05) is 24.3 Å². The zero-order chi connectivity index (χ0) is 16.9. The summed E-state index contributed by atoms with van der Waals surface area (Å²) < 4.78 is 7.26. The van der Waals surface area contributed by atoms with Gasteiger partial charge in [0.15, 0.2) is 12.7 Å². The van der Waals surface area contributed by atoms with Crippen molar-refractivity contribution in [3.8, 4) is 11.5 Å². The number of aromatic nitrogens is 1. The van der Waals surface area contributed by atoms with Crippen LogP contribution in [0.5, 0.6) is 11.5 Å². The minimum Gasteiger partial charge on any atom is -0.507 e. The number of methoxy groups -OCH3 is 1. The van der Waals surface area contributed by atoms with Crippen LogP contribution in [0, 0.1) is 0 Å². The fourth-order valence-electron chi connectivity index (χ4n) is 2.76. The predicted octanol–water partition coefficient (Wildman–Crippen LogP) is 2.97. The van der Waals surface area contributed by atoms with Gasteiger partial charge in [0.1, 0.15) is 11.5 Å². The summed E-state index contributed by atoms with van der Waals surface area (Å²) >= 11 is 0. The van der Waals surface area contributed by atoms with Crippen LogP contribution in [0.2, 0.25) is 0 Å². The molecule has 0 radical (unpaired) electrons. The first-order chi connectivity index (χ1) is 11.7. The second kappa shape index (κ2) is 7.15. The summed E-state index contributed by atoms with van der Waals surface area (Å²) in [6.45, 7) is 1.38. The van der Waals surface area contributed by atoms with Crippen molar-refractivity contribution in [3.05, 3.63) is 65.9 Å². The third-order valence-corrected chi connectivity index (χ3v) is 4.01. The highest BCUT2D eigenvalue weighted by Gasteiger charge is 2.10. The molecule has 4 heteroatoms. The molecule has 0 bridgehead atoms. The van der Waals surface area contributed by atoms with Crippen molar-refractivity contribution in [1.82, 2.24) is 0 Å². The molecule has 0 amide bonds. The first-order valence-electron chi connectivity index (χ1n) is 7.89. The van der Waals surface area contributed by atoms with E-state index in [1.807, 2.05) is 42.6 Å². The van der Waals surface area contributed by atoms with Crippen LogP contribution in [-0.2, 0) is 6.54 Å². The van der Waals surface area contributed by atoms with Gasteiger partial charge in [-0.25, -0.2) is 0 Å². The Bertz CT molecular complexity index is 888. The fraction of sp³-hybridized carbons (Fsp3) is 0.150. The van der Waals surface area contributed by atoms with E-state index in [0.29, 0.717) is 12.3 Å². The first-order valence-corrected chi connectivity index (χ1v) is 7.89. The summed E-state index contributed by atoms with van der Waals surface area (Å²) in [4.78, 5) is 0. The molecular weight excluding hydrogens is 300 g/mol. The molecule has 0 atom stereocenters. The molecule has 0 aliphatic heterocycles. The van der Waals surface area contributed by atoms with Crippen molar-refractivity contribution in [1.29, 1.82) is 0 Å². The summed E-state index contributed by atoms with van der Waals surface area (Å²) in [5.41, 5.74) is 8.67. The van der Waals surface area contributed by atoms with Crippen LogP contribution in [0.3, 0.4) is 0 Å². The van der Waals surface area contributed by atoms with E-state index in [2.05, 4.69) is 22.8 Å². The van der Waals surface area contributed by atoms with Crippen LogP contribution in [-0.4, -0.2) is 18.8 Å². The van der Waals surface area contributed by atoms with Gasteiger partial charge in [0.05, 0.1) is 19.0 Å². The van der Waals surface area contributed by atoms with Crippen molar-refractivity contribution in [2.45, 2.75) is 6.54 Å². The van der Waals surface area contributed by atoms with E-state index in [-0.39, 0.29) is 5.75 Å². The monoisotopic (exact) mass is 321 g/mol. The topological polar surface area (TPSA) is 59.4 Å². The summed E-state index contributed by atoms with van der Waals surface area (Å²) in [5, 5.41) is 11.2. The van der Waals surface area contributed by atoms with Crippen molar-refractivity contribution in [2.24, 2.45) is 5.73 Å². The van der Waals surface area contributed by atoms with E-state index in [9.17, 15) is 5.11 Å². The SMILES string of the molecule is COc1ccc(/C=C/c2cc[n+](CCN)c3ccccc23)c(O)c1. The Hall–Kier alpha value is -2.85. The number of nitrogens with zero attached hydrogens (tertiary/aromatic N) is 1. The highest BCUT2D eigenvalue weighted by atomic mass is 16.5. The number of nitrogens with two attached hydrogens (primary N) is 1. The number of pyridine rings is 1. The Morgan fingerprint density at radius 1 is 1.08 bits per heavy atom. The number of aromatic hydroxyl groups is 1. The lowest BCUT2D eigenvalue weighted by molar-refractivity contribution is -0.668. The standard InChI is InChI=1S/C20H20N2O2/c1-24-17-9-8-16(20(23)14-17)7-6-15-10-12-22(13-11-21)19-5-3-2-4-18(15)19/h2-10,12,14H,11,13,21H2,1H3/p+1. The van der Waals surface area contributed by atoms with E-state index in [4.69, 9.17) is 10.5 Å². The Morgan fingerprint density at radius 2 is 1.88 bits per heavy atom. The van der Waals surface area contributed by atoms with Gasteiger partial charge in [0.2, 0.25) is 5.52 Å². The lowest BCUT2D eigenvalue weighted by Gasteiger charge is -2.05. The average Bonchev–Trinajstić information content (AvgIpc) is 2.62. The van der Waals surface area contributed by atoms with E-state index in [0.717, 1.165) is 28.6 Å². The summed E-state index contributed by atoms with van der Waals surface area (Å²) in [6.07, 6.45) is 5.96. The Labute approximate surface area is 141 Å². The summed E-state index contributed by atoms with van der Waals surface area (Å²) in [5.74, 6) is 0.835. The van der Waals surface area contributed by atoms with Gasteiger partial charge in [0, 0.05) is 23.8 Å². The fourth-order valence-corrected chi connectivity index (χ4v) is 2.76. The van der Waals surface area contributed by atoms with Crippen molar-refractivity contribution >= 4 is 23.1 Å². The largest absolute Gasteiger partial charge is 0.507 e. The van der Waals surface area contributed by atoms with E-state index in [1.54, 1.807) is 13.2 Å². The van der Waals surface area contributed by atoms with Crippen LogP contribution in [0.1, 0.15) is 11.1 Å². The van der Waals surface area contributed by atoms with Crippen LogP contribution in [0.25, 0.3) is 23.1 Å². The molecule has 0 unspecified atom stereocenters. The highest BCUT2D eigenvalue weighted by Crippen LogP contribution is 2.26. The number of phenolic OH excluding ortho intramolecular Hbond substituents is 1. The highest BCUT2D eigenvalue weighted by molar-refractivity contribution is 5.89. The molecule has 122 valence electrons. The average molecular weight is 321 g/mol. The first kappa shape index (κ1) is 16.0. The number of para-hydroxylation sites is 1. The van der Waals surface area contributed by atoms with Crippen LogP contribution in [0.4, 0.5) is 0 Å². The third-order valence-electron chi connectivity index (χ3n) is 4.01. The minimum absolute atomic E-state index is 0.198. The number of benzene rings is 2. The van der Waals surface area contributed by atoms with Crippen LogP contribution in [0.15, 0.2) is 54.7 Å². The Morgan fingerprint density at radius 3 is 2.62 bits per heavy atom. The van der Waals surface area contributed by atoms with Gasteiger partial charge >= 0.3 is 0 Å². The number of phenols is 1. The van der Waals surface area contributed by atoms with Crippen LogP contribution >= 0.6 is 0 Å². The van der Waals surface area contributed by atoms with Gasteiger partial charge in [-0.2, -0.15) is 4.57 Å². The predicted molar refractivity (Wildman–Crippen MR) is 96.8 cm³/mol. The quantitative estimate of drug-likeness (QED) is 0.710. The van der Waals surface area contributed by atoms with E-state index < -0.39 is 0 Å². The molecule has 3 N–H and O–H groups in total. The number of rotatable bonds is 5. The molecule has 0 fully saturated rings. The molecule has 3 rings (SSSR count). The molecule has 0 saturated heterocycles. The number of ether oxygens (including phenoxy) is 1. The minimum atomic E-state index is 0.198. The van der Waals surface area contributed by atoms with Crippen LogP contribution < -0.4 is 15.0 Å². The van der Waals surface area contributed by atoms with Gasteiger partial charge in [-0.05, 0) is 23.8 Å². The second-order valence-corrected chi connectivity index (χ2v) is 5.53. The van der Waals surface area contributed by atoms with Crippen molar-refractivity contribution in [3.63, 3.8) is 0 Å². The molecule has 4 nitrogen and oxygen atoms in total. The molecule has 2 aromatic carbocycles. The number of hydrogen-bond donors (Lipinski definition) is 2. The maximum atomic E-state index is 10.1. The molecule has 0 aliphatic carbocycles. The zero-order valence-electron chi connectivity index (χ0n) is 13.6. The van der Waals surface area contributed by atoms with Crippen molar-refractivity contribution < 1.29 is 14.4 Å². The number of fused-ring (bicyclic) bond motifs is 1. The lowest BCUT2D eigenvalue weighted by Crippen LogP contribution is -2.37. The summed E-state index contributed by atoms with van der Waals surface area (Å²) in [6, 6.07) is 15.6. The molecule has 24 heavy (non-hydrogen) atoms. The second-order valence-electron chi connectivity index (χ2n) is 5.53. The molecule has 3 aromatic rings. The maximum absolute atomic E-state index is 10.1. The lowest BCUT2D eigenvalue weighted by atomic mass is 10.1. The van der Waals surface area contributed by atoms with Gasteiger partial charge in [-0.15, -0.1) is 0 Å². The normalized spacial score (nSPS) is 11.2. The Balaban J connectivity index is 2.00. The smallest absolute Gasteiger partial charge is 0.213 e. The molecule has 0 spiro atoms. The summed E-state index contributed by atoms with van der Waals surface area (Å²) in [7, 11) is 1.58. The van der Waals surface area contributed by atoms with Gasteiger partial charge in [-0.3, -0.25) is 0 Å². The van der Waals surface area contributed by atoms with Crippen molar-refractivity contribution in [2.75, 3.05) is 13.7 Å². The van der Waals surface area contributed by atoms with E-state index >= 15 is 0 Å². The maximum Gasteiger partial charge on any atom is 0.213 e. The molecule has 1 aromatic heterocycles. The third kappa shape index (κ3) is 3.24. The Kier molecular flexibility index (Phi) is 4.77. The molecule has 1 heterocycles. The molecule has 0 saturated carbocycles. The number of hydrogen-bond acceptors (Lipinski definition) is 3. The van der Waals surface area contributed by atoms with Gasteiger partial charge < -0.3 is 15.6 Å². The molecule has 0 aliphatic rings. The molecular formula is C20H21N2O2+.